The van der Waals surface area contributed by atoms with Crippen LogP contribution in [0, 0.1) is 12.7 Å². The molecule has 2 aliphatic rings. The summed E-state index contributed by atoms with van der Waals surface area (Å²) in [4.78, 5) is 30.7. The predicted octanol–water partition coefficient (Wildman–Crippen LogP) is 6.75. The lowest BCUT2D eigenvalue weighted by Crippen LogP contribution is -2.50. The summed E-state index contributed by atoms with van der Waals surface area (Å²) in [5.74, 6) is 0.365. The minimum Gasteiger partial charge on any atom is -0.444 e. The van der Waals surface area contributed by atoms with Gasteiger partial charge in [-0.3, -0.25) is 0 Å². The minimum atomic E-state index is -0.633. The van der Waals surface area contributed by atoms with Gasteiger partial charge >= 0.3 is 6.09 Å². The van der Waals surface area contributed by atoms with Gasteiger partial charge < -0.3 is 24.0 Å². The smallest absolute Gasteiger partial charge is 0.410 e. The Morgan fingerprint density at radius 1 is 1.11 bits per heavy atom. The molecule has 2 aliphatic heterocycles. The quantitative estimate of drug-likeness (QED) is 0.171. The fourth-order valence-electron chi connectivity index (χ4n) is 5.46. The van der Waals surface area contributed by atoms with Crippen LogP contribution in [0.5, 0.6) is 11.6 Å². The number of rotatable bonds is 5. The second-order valence-corrected chi connectivity index (χ2v) is 13.1. The molecule has 5 heterocycles. The van der Waals surface area contributed by atoms with Gasteiger partial charge in [0.25, 0.3) is 0 Å². The summed E-state index contributed by atoms with van der Waals surface area (Å²) in [6, 6.07) is 3.27. The summed E-state index contributed by atoms with van der Waals surface area (Å²) in [5.41, 5.74) is 1.09. The van der Waals surface area contributed by atoms with Gasteiger partial charge in [0.15, 0.2) is 17.1 Å². The van der Waals surface area contributed by atoms with Crippen molar-refractivity contribution in [3.63, 3.8) is 0 Å². The molecule has 2 saturated heterocycles. The number of carbonyl (C=O) groups is 1. The molecule has 44 heavy (non-hydrogen) atoms. The van der Waals surface area contributed by atoms with Crippen LogP contribution in [0.25, 0.3) is 21.8 Å². The van der Waals surface area contributed by atoms with E-state index in [1.165, 1.54) is 17.8 Å². The van der Waals surface area contributed by atoms with E-state index in [9.17, 15) is 4.79 Å². The van der Waals surface area contributed by atoms with Crippen LogP contribution in [0.4, 0.5) is 15.0 Å². The maximum absolute atomic E-state index is 15.2. The van der Waals surface area contributed by atoms with Crippen molar-refractivity contribution >= 4 is 57.1 Å². The molecule has 0 aliphatic carbocycles. The number of aryl methyl sites for hydroxylation is 1. The van der Waals surface area contributed by atoms with Crippen molar-refractivity contribution in [2.45, 2.75) is 63.9 Å². The van der Waals surface area contributed by atoms with Gasteiger partial charge in [0.2, 0.25) is 5.88 Å². The molecule has 1 atom stereocenters. The Hall–Kier alpha value is -3.42. The highest BCUT2D eigenvalue weighted by Gasteiger charge is 2.29. The average Bonchev–Trinajstić information content (AvgIpc) is 3.42. The molecule has 0 N–H and O–H groups in total. The fraction of sp³-hybridized carbons (Fsp3) is 0.500. The first-order chi connectivity index (χ1) is 21.0. The number of fused-ring (bicyclic) bond motifs is 2. The zero-order chi connectivity index (χ0) is 31.2. The largest absolute Gasteiger partial charge is 0.444 e. The first-order valence-corrected chi connectivity index (χ1v) is 16.2. The summed E-state index contributed by atoms with van der Waals surface area (Å²) in [6.07, 6.45) is 5.65. The number of anilines is 1. The van der Waals surface area contributed by atoms with Crippen molar-refractivity contribution in [2.75, 3.05) is 43.9 Å². The average molecular weight is 644 g/mol. The number of thioether (sulfide) groups is 1. The van der Waals surface area contributed by atoms with E-state index in [0.29, 0.717) is 65.9 Å². The van der Waals surface area contributed by atoms with Crippen molar-refractivity contribution in [1.82, 2.24) is 29.6 Å². The van der Waals surface area contributed by atoms with Crippen LogP contribution in [0.1, 0.15) is 52.0 Å². The van der Waals surface area contributed by atoms with Crippen molar-refractivity contribution in [3.05, 3.63) is 34.9 Å². The molecule has 6 rings (SSSR count). The molecule has 3 aromatic heterocycles. The third kappa shape index (κ3) is 6.09. The second-order valence-electron chi connectivity index (χ2n) is 11.9. The molecule has 234 valence electrons. The first kappa shape index (κ1) is 30.6. The standard InChI is InChI=1S/C30H35ClFN7O4S/c1-17-14-18-24(35-28(44-5)36-26(18)37-9-11-38(12-10-37)29(40)43-30(2,3)4)27(34-17)42-25-19-16-33-39(22-8-6-7-13-41-22)21(19)15-20(32)23(25)31/h14-16,22H,6-13H2,1-5H3. The second kappa shape index (κ2) is 12.2. The van der Waals surface area contributed by atoms with Crippen LogP contribution in [0.3, 0.4) is 0 Å². The van der Waals surface area contributed by atoms with E-state index in [0.717, 1.165) is 24.6 Å². The highest BCUT2D eigenvalue weighted by molar-refractivity contribution is 7.98. The SMILES string of the molecule is CSc1nc(N2CCN(C(=O)OC(C)(C)C)CC2)c2cc(C)nc(Oc3c(Cl)c(F)cc4c3cnn4C3CCCCO3)c2n1. The normalized spacial score (nSPS) is 17.8. The van der Waals surface area contributed by atoms with E-state index in [4.69, 9.17) is 35.8 Å². The number of halogens is 2. The summed E-state index contributed by atoms with van der Waals surface area (Å²) < 4.78 is 34.8. The number of benzene rings is 1. The van der Waals surface area contributed by atoms with Gasteiger partial charge in [-0.2, -0.15) is 5.10 Å². The predicted molar refractivity (Wildman–Crippen MR) is 167 cm³/mol. The molecule has 0 bridgehead atoms. The van der Waals surface area contributed by atoms with Crippen molar-refractivity contribution in [1.29, 1.82) is 0 Å². The first-order valence-electron chi connectivity index (χ1n) is 14.6. The van der Waals surface area contributed by atoms with Crippen LogP contribution in [-0.4, -0.2) is 80.4 Å². The van der Waals surface area contributed by atoms with Crippen LogP contribution in [0.2, 0.25) is 5.02 Å². The molecule has 0 spiro atoms. The molecule has 1 unspecified atom stereocenters. The Kier molecular flexibility index (Phi) is 8.46. The minimum absolute atomic E-state index is 0.111. The van der Waals surface area contributed by atoms with Crippen molar-refractivity contribution in [2.24, 2.45) is 0 Å². The van der Waals surface area contributed by atoms with Crippen molar-refractivity contribution in [3.8, 4) is 11.6 Å². The van der Waals surface area contributed by atoms with Gasteiger partial charge in [0.05, 0.1) is 22.5 Å². The number of amides is 1. The summed E-state index contributed by atoms with van der Waals surface area (Å²) in [6.45, 7) is 10.1. The summed E-state index contributed by atoms with van der Waals surface area (Å²) in [7, 11) is 0. The van der Waals surface area contributed by atoms with E-state index in [1.807, 2.05) is 40.0 Å². The van der Waals surface area contributed by atoms with Crippen LogP contribution < -0.4 is 9.64 Å². The van der Waals surface area contributed by atoms with Gasteiger partial charge in [0.1, 0.15) is 27.8 Å². The van der Waals surface area contributed by atoms with Crippen LogP contribution in [-0.2, 0) is 9.47 Å². The number of ether oxygens (including phenoxy) is 3. The fourth-order valence-corrected chi connectivity index (χ4v) is 6.02. The van der Waals surface area contributed by atoms with Crippen LogP contribution in [0.15, 0.2) is 23.5 Å². The number of nitrogens with zero attached hydrogens (tertiary/aromatic N) is 7. The van der Waals surface area contributed by atoms with Crippen LogP contribution >= 0.6 is 23.4 Å². The number of pyridine rings is 1. The van der Waals surface area contributed by atoms with Gasteiger partial charge in [-0.05, 0) is 59.3 Å². The lowest BCUT2D eigenvalue weighted by Gasteiger charge is -2.36. The van der Waals surface area contributed by atoms with Gasteiger partial charge in [-0.1, -0.05) is 23.4 Å². The Balaban J connectivity index is 1.37. The Labute approximate surface area is 264 Å². The third-order valence-electron chi connectivity index (χ3n) is 7.53. The maximum atomic E-state index is 15.2. The number of hydrogen-bond acceptors (Lipinski definition) is 10. The highest BCUT2D eigenvalue weighted by Crippen LogP contribution is 2.42. The van der Waals surface area contributed by atoms with Crippen molar-refractivity contribution < 1.29 is 23.4 Å². The Bertz CT molecular complexity index is 1720. The van der Waals surface area contributed by atoms with Gasteiger partial charge in [-0.15, -0.1) is 0 Å². The van der Waals surface area contributed by atoms with E-state index < -0.39 is 11.4 Å². The molecule has 11 nitrogen and oxygen atoms in total. The lowest BCUT2D eigenvalue weighted by molar-refractivity contribution is -0.0366. The van der Waals surface area contributed by atoms with E-state index >= 15 is 4.39 Å². The molecule has 14 heteroatoms. The summed E-state index contributed by atoms with van der Waals surface area (Å²) in [5, 5.41) is 6.14. The molecule has 1 aromatic carbocycles. The third-order valence-corrected chi connectivity index (χ3v) is 8.43. The monoisotopic (exact) mass is 643 g/mol. The molecule has 2 fully saturated rings. The zero-order valence-electron chi connectivity index (χ0n) is 25.4. The molecular formula is C30H35ClFN7O4S. The lowest BCUT2D eigenvalue weighted by atomic mass is 10.2. The molecule has 1 amide bonds. The molecule has 0 saturated carbocycles. The number of piperazine rings is 1. The number of aromatic nitrogens is 5. The molecule has 0 radical (unpaired) electrons. The van der Waals surface area contributed by atoms with E-state index in [-0.39, 0.29) is 29.0 Å². The Morgan fingerprint density at radius 2 is 1.89 bits per heavy atom. The van der Waals surface area contributed by atoms with Gasteiger partial charge in [-0.25, -0.2) is 28.8 Å². The highest BCUT2D eigenvalue weighted by atomic mass is 35.5. The number of carbonyl (C=O) groups excluding carboxylic acids is 1. The molecular weight excluding hydrogens is 609 g/mol. The Morgan fingerprint density at radius 3 is 2.57 bits per heavy atom. The number of hydrogen-bond donors (Lipinski definition) is 0. The van der Waals surface area contributed by atoms with Gasteiger partial charge in [0, 0.05) is 44.5 Å². The summed E-state index contributed by atoms with van der Waals surface area (Å²) >= 11 is 7.91. The zero-order valence-corrected chi connectivity index (χ0v) is 27.0. The van der Waals surface area contributed by atoms with E-state index in [2.05, 4.69) is 15.0 Å². The topological polar surface area (TPSA) is 108 Å². The maximum Gasteiger partial charge on any atom is 0.410 e. The van der Waals surface area contributed by atoms with E-state index in [1.54, 1.807) is 15.8 Å². The molecule has 4 aromatic rings.